The van der Waals surface area contributed by atoms with Crippen molar-refractivity contribution in [1.82, 2.24) is 10.3 Å². The number of anilines is 1. The molecule has 3 N–H and O–H groups in total. The van der Waals surface area contributed by atoms with Crippen LogP contribution in [0.4, 0.5) is 5.82 Å². The summed E-state index contributed by atoms with van der Waals surface area (Å²) in [6, 6.07) is 3.87. The van der Waals surface area contributed by atoms with Crippen LogP contribution >= 0.6 is 0 Å². The molecular formula is C19H29N3O3. The van der Waals surface area contributed by atoms with Gasteiger partial charge in [0, 0.05) is 18.8 Å². The number of ether oxygens (including phenoxy) is 1. The summed E-state index contributed by atoms with van der Waals surface area (Å²) in [5, 5.41) is 15.2. The van der Waals surface area contributed by atoms with Crippen molar-refractivity contribution in [3.8, 4) is 0 Å². The molecule has 25 heavy (non-hydrogen) atoms. The second kappa shape index (κ2) is 8.63. The van der Waals surface area contributed by atoms with E-state index >= 15 is 0 Å². The highest BCUT2D eigenvalue weighted by atomic mass is 16.5. The Bertz CT molecular complexity index is 587. The van der Waals surface area contributed by atoms with Crippen LogP contribution in [0.3, 0.4) is 0 Å². The molecule has 0 unspecified atom stereocenters. The van der Waals surface area contributed by atoms with Gasteiger partial charge in [-0.05, 0) is 69.5 Å². The van der Waals surface area contributed by atoms with E-state index in [1.165, 1.54) is 17.7 Å². The van der Waals surface area contributed by atoms with Gasteiger partial charge in [-0.1, -0.05) is 6.07 Å². The molecule has 0 aromatic carbocycles. The maximum absolute atomic E-state index is 10.9. The Morgan fingerprint density at radius 1 is 1.48 bits per heavy atom. The number of nitrogens with zero attached hydrogens (tertiary/aromatic N) is 1. The SMILES string of the molecule is CN[C@@H](CCO[C@H]1C[C@H](CCc2ccc3c(n2)NCCC3)C1)C(=O)O. The number of likely N-dealkylation sites (N-methyl/N-ethyl adjacent to an activating group) is 1. The Kier molecular flexibility index (Phi) is 6.26. The second-order valence-corrected chi connectivity index (χ2v) is 7.18. The Hall–Kier alpha value is -1.66. The third-order valence-corrected chi connectivity index (χ3v) is 5.36. The molecule has 2 heterocycles. The summed E-state index contributed by atoms with van der Waals surface area (Å²) >= 11 is 0. The van der Waals surface area contributed by atoms with Crippen molar-refractivity contribution in [3.63, 3.8) is 0 Å². The molecule has 0 bridgehead atoms. The summed E-state index contributed by atoms with van der Waals surface area (Å²) in [6.07, 6.45) is 7.48. The van der Waals surface area contributed by atoms with Crippen molar-refractivity contribution in [2.45, 2.75) is 57.1 Å². The minimum atomic E-state index is -0.815. The standard InChI is InChI=1S/C19H29N3O3/c1-20-17(19(23)24)8-10-25-16-11-13(12-16)4-6-15-7-5-14-3-2-9-21-18(14)22-15/h5,7,13,16-17,20H,2-4,6,8-12H2,1H3,(H,21,22)(H,23,24)/t13-,16-,17-/m0/s1. The van der Waals surface area contributed by atoms with E-state index in [1.807, 2.05) is 0 Å². The monoisotopic (exact) mass is 347 g/mol. The second-order valence-electron chi connectivity index (χ2n) is 7.18. The molecule has 0 radical (unpaired) electrons. The van der Waals surface area contributed by atoms with Crippen LogP contribution in [0.1, 0.15) is 43.4 Å². The first-order chi connectivity index (χ1) is 12.2. The van der Waals surface area contributed by atoms with Gasteiger partial charge in [-0.3, -0.25) is 4.79 Å². The van der Waals surface area contributed by atoms with Crippen LogP contribution in [0, 0.1) is 5.92 Å². The Morgan fingerprint density at radius 2 is 2.32 bits per heavy atom. The molecule has 1 aliphatic carbocycles. The maximum atomic E-state index is 10.9. The first kappa shape index (κ1) is 18.1. The van der Waals surface area contributed by atoms with Crippen LogP contribution in [0.5, 0.6) is 0 Å². The number of pyridine rings is 1. The number of hydrogen-bond donors (Lipinski definition) is 3. The first-order valence-electron chi connectivity index (χ1n) is 9.40. The highest BCUT2D eigenvalue weighted by molar-refractivity contribution is 5.73. The summed E-state index contributed by atoms with van der Waals surface area (Å²) < 4.78 is 5.79. The van der Waals surface area contributed by atoms with Gasteiger partial charge in [0.2, 0.25) is 0 Å². The average Bonchev–Trinajstić information content (AvgIpc) is 2.59. The fraction of sp³-hybridized carbons (Fsp3) is 0.684. The van der Waals surface area contributed by atoms with Gasteiger partial charge in [0.05, 0.1) is 6.10 Å². The van der Waals surface area contributed by atoms with Crippen molar-refractivity contribution in [1.29, 1.82) is 0 Å². The summed E-state index contributed by atoms with van der Waals surface area (Å²) in [7, 11) is 1.67. The zero-order chi connectivity index (χ0) is 17.6. The van der Waals surface area contributed by atoms with Gasteiger partial charge in [-0.15, -0.1) is 0 Å². The summed E-state index contributed by atoms with van der Waals surface area (Å²) in [5.74, 6) is 0.969. The number of aryl methyl sites for hydroxylation is 2. The largest absolute Gasteiger partial charge is 0.480 e. The van der Waals surface area contributed by atoms with E-state index in [1.54, 1.807) is 7.05 Å². The predicted octanol–water partition coefficient (Wildman–Crippen LogP) is 2.23. The van der Waals surface area contributed by atoms with Gasteiger partial charge in [0.25, 0.3) is 0 Å². The topological polar surface area (TPSA) is 83.5 Å². The van der Waals surface area contributed by atoms with E-state index in [0.29, 0.717) is 25.0 Å². The summed E-state index contributed by atoms with van der Waals surface area (Å²) in [4.78, 5) is 15.7. The molecule has 2 aliphatic rings. The number of hydrogen-bond acceptors (Lipinski definition) is 5. The lowest BCUT2D eigenvalue weighted by Crippen LogP contribution is -2.37. The van der Waals surface area contributed by atoms with Crippen LogP contribution in [0.15, 0.2) is 12.1 Å². The molecule has 6 nitrogen and oxygen atoms in total. The molecule has 1 aromatic heterocycles. The van der Waals surface area contributed by atoms with Gasteiger partial charge in [0.1, 0.15) is 11.9 Å². The first-order valence-corrected chi connectivity index (χ1v) is 9.40. The van der Waals surface area contributed by atoms with Crippen molar-refractivity contribution < 1.29 is 14.6 Å². The smallest absolute Gasteiger partial charge is 0.320 e. The van der Waals surface area contributed by atoms with Crippen molar-refractivity contribution in [3.05, 3.63) is 23.4 Å². The molecule has 3 rings (SSSR count). The molecule has 1 aromatic rings. The molecular weight excluding hydrogens is 318 g/mol. The van der Waals surface area contributed by atoms with Crippen LogP contribution < -0.4 is 10.6 Å². The molecule has 0 amide bonds. The number of nitrogens with one attached hydrogen (secondary N) is 2. The number of carbonyl (C=O) groups is 1. The minimum Gasteiger partial charge on any atom is -0.480 e. The lowest BCUT2D eigenvalue weighted by atomic mass is 9.79. The molecule has 1 aliphatic heterocycles. The van der Waals surface area contributed by atoms with Crippen LogP contribution in [0.2, 0.25) is 0 Å². The maximum Gasteiger partial charge on any atom is 0.320 e. The van der Waals surface area contributed by atoms with Crippen LogP contribution in [0.25, 0.3) is 0 Å². The lowest BCUT2D eigenvalue weighted by molar-refractivity contribution is -0.140. The van der Waals surface area contributed by atoms with Crippen molar-refractivity contribution in [2.75, 3.05) is 25.5 Å². The quantitative estimate of drug-likeness (QED) is 0.635. The number of rotatable bonds is 9. The zero-order valence-corrected chi connectivity index (χ0v) is 15.0. The van der Waals surface area contributed by atoms with Gasteiger partial charge >= 0.3 is 5.97 Å². The highest BCUT2D eigenvalue weighted by Crippen LogP contribution is 2.34. The van der Waals surface area contributed by atoms with E-state index in [2.05, 4.69) is 22.8 Å². The summed E-state index contributed by atoms with van der Waals surface area (Å²) in [5.41, 5.74) is 2.52. The van der Waals surface area contributed by atoms with E-state index in [4.69, 9.17) is 14.8 Å². The van der Waals surface area contributed by atoms with Gasteiger partial charge < -0.3 is 20.5 Å². The summed E-state index contributed by atoms with van der Waals surface area (Å²) in [6.45, 7) is 1.54. The van der Waals surface area contributed by atoms with Gasteiger partial charge in [-0.2, -0.15) is 0 Å². The Labute approximate surface area is 149 Å². The van der Waals surface area contributed by atoms with E-state index in [0.717, 1.165) is 44.5 Å². The molecule has 0 saturated heterocycles. The number of carboxylic acid groups (broad SMARTS) is 1. The molecule has 1 saturated carbocycles. The normalized spacial score (nSPS) is 23.2. The molecule has 1 fully saturated rings. The number of aromatic nitrogens is 1. The van der Waals surface area contributed by atoms with Crippen molar-refractivity contribution in [2.24, 2.45) is 5.92 Å². The molecule has 1 atom stereocenters. The number of aliphatic carboxylic acids is 1. The zero-order valence-electron chi connectivity index (χ0n) is 15.0. The van der Waals surface area contributed by atoms with Crippen molar-refractivity contribution >= 4 is 11.8 Å². The molecule has 0 spiro atoms. The fourth-order valence-corrected chi connectivity index (χ4v) is 3.65. The highest BCUT2D eigenvalue weighted by Gasteiger charge is 2.30. The average molecular weight is 347 g/mol. The fourth-order valence-electron chi connectivity index (χ4n) is 3.65. The van der Waals surface area contributed by atoms with Crippen LogP contribution in [-0.4, -0.2) is 48.4 Å². The molecule has 138 valence electrons. The van der Waals surface area contributed by atoms with E-state index in [-0.39, 0.29) is 0 Å². The van der Waals surface area contributed by atoms with Crippen LogP contribution in [-0.2, 0) is 22.4 Å². The number of carboxylic acids is 1. The third-order valence-electron chi connectivity index (χ3n) is 5.36. The minimum absolute atomic E-state index is 0.300. The van der Waals surface area contributed by atoms with E-state index < -0.39 is 12.0 Å². The number of fused-ring (bicyclic) bond motifs is 1. The van der Waals surface area contributed by atoms with Gasteiger partial charge in [0.15, 0.2) is 0 Å². The Morgan fingerprint density at radius 3 is 3.08 bits per heavy atom. The third kappa shape index (κ3) is 4.92. The Balaban J connectivity index is 1.32. The van der Waals surface area contributed by atoms with Gasteiger partial charge in [-0.25, -0.2) is 4.98 Å². The molecule has 6 heteroatoms. The lowest BCUT2D eigenvalue weighted by Gasteiger charge is -2.35. The van der Waals surface area contributed by atoms with E-state index in [9.17, 15) is 4.79 Å². The predicted molar refractivity (Wildman–Crippen MR) is 96.9 cm³/mol.